The number of aromatic nitrogens is 2. The van der Waals surface area contributed by atoms with Crippen molar-refractivity contribution >= 4 is 17.4 Å². The number of amides is 1. The summed E-state index contributed by atoms with van der Waals surface area (Å²) in [6, 6.07) is 5.87. The Morgan fingerprint density at radius 2 is 1.88 bits per heavy atom. The van der Waals surface area contributed by atoms with Crippen LogP contribution in [0.2, 0.25) is 0 Å². The summed E-state index contributed by atoms with van der Waals surface area (Å²) in [6.45, 7) is 3.63. The minimum Gasteiger partial charge on any atom is -0.495 e. The second-order valence-electron chi connectivity index (χ2n) is 6.32. The zero-order chi connectivity index (χ0) is 17.6. The Hall–Kier alpha value is -2.63. The van der Waals surface area contributed by atoms with Crippen LogP contribution >= 0.6 is 0 Å². The van der Waals surface area contributed by atoms with Crippen LogP contribution in [0.5, 0.6) is 5.75 Å². The molecule has 0 bridgehead atoms. The smallest absolute Gasteiger partial charge is 0.274 e. The second kappa shape index (κ2) is 7.96. The molecule has 0 saturated carbocycles. The predicted molar refractivity (Wildman–Crippen MR) is 97.4 cm³/mol. The average molecular weight is 340 g/mol. The van der Waals surface area contributed by atoms with E-state index in [0.717, 1.165) is 42.9 Å². The van der Waals surface area contributed by atoms with Crippen molar-refractivity contribution in [1.29, 1.82) is 0 Å². The first-order valence-corrected chi connectivity index (χ1v) is 8.70. The third-order valence-corrected chi connectivity index (χ3v) is 4.38. The fourth-order valence-corrected chi connectivity index (χ4v) is 3.00. The van der Waals surface area contributed by atoms with Gasteiger partial charge < -0.3 is 15.0 Å². The molecule has 1 aromatic heterocycles. The molecule has 1 saturated heterocycles. The summed E-state index contributed by atoms with van der Waals surface area (Å²) in [5, 5.41) is 3.20. The van der Waals surface area contributed by atoms with Crippen LogP contribution in [0.3, 0.4) is 0 Å². The number of likely N-dealkylation sites (tertiary alicyclic amines) is 1. The number of hydrogen-bond acceptors (Lipinski definition) is 5. The van der Waals surface area contributed by atoms with Gasteiger partial charge in [-0.05, 0) is 37.5 Å². The number of nitrogens with one attached hydrogen (secondary N) is 1. The first-order chi connectivity index (χ1) is 12.2. The number of hydrogen-bond donors (Lipinski definition) is 1. The van der Waals surface area contributed by atoms with Gasteiger partial charge in [0.15, 0.2) is 0 Å². The predicted octanol–water partition coefficient (Wildman–Crippen LogP) is 3.55. The lowest BCUT2D eigenvalue weighted by Crippen LogP contribution is -2.32. The highest BCUT2D eigenvalue weighted by Crippen LogP contribution is 2.27. The molecule has 1 aromatic carbocycles. The molecule has 3 rings (SSSR count). The molecular weight excluding hydrogens is 316 g/mol. The lowest BCUT2D eigenvalue weighted by molar-refractivity contribution is 0.0755. The molecule has 132 valence electrons. The fourth-order valence-electron chi connectivity index (χ4n) is 3.00. The van der Waals surface area contributed by atoms with Crippen LogP contribution in [-0.2, 0) is 0 Å². The minimum atomic E-state index is -0.0333. The highest BCUT2D eigenvalue weighted by atomic mass is 16.5. The van der Waals surface area contributed by atoms with Gasteiger partial charge in [0, 0.05) is 13.1 Å². The van der Waals surface area contributed by atoms with Gasteiger partial charge in [-0.3, -0.25) is 4.79 Å². The molecule has 0 atom stereocenters. The third-order valence-electron chi connectivity index (χ3n) is 4.38. The Morgan fingerprint density at radius 3 is 2.52 bits per heavy atom. The number of ether oxygens (including phenoxy) is 1. The van der Waals surface area contributed by atoms with Crippen molar-refractivity contribution in [3.63, 3.8) is 0 Å². The van der Waals surface area contributed by atoms with Crippen molar-refractivity contribution in [2.75, 3.05) is 25.5 Å². The lowest BCUT2D eigenvalue weighted by atomic mass is 10.2. The van der Waals surface area contributed by atoms with Crippen molar-refractivity contribution in [2.45, 2.75) is 32.6 Å². The van der Waals surface area contributed by atoms with Gasteiger partial charge >= 0.3 is 0 Å². The minimum absolute atomic E-state index is 0.0333. The van der Waals surface area contributed by atoms with Crippen molar-refractivity contribution < 1.29 is 9.53 Å². The fraction of sp³-hybridized carbons (Fsp3) is 0.421. The molecule has 1 aliphatic heterocycles. The van der Waals surface area contributed by atoms with Gasteiger partial charge in [0.05, 0.1) is 25.2 Å². The number of benzene rings is 1. The number of rotatable bonds is 4. The molecule has 6 nitrogen and oxygen atoms in total. The standard InChI is InChI=1S/C19H24N4O2/c1-14-7-8-17(25-2)15(11-14)22-18-13-20-16(12-21-18)19(24)23-9-5-3-4-6-10-23/h7-8,11-13H,3-6,9-10H2,1-2H3,(H,21,22). The lowest BCUT2D eigenvalue weighted by Gasteiger charge is -2.19. The highest BCUT2D eigenvalue weighted by Gasteiger charge is 2.18. The molecule has 6 heteroatoms. The molecule has 2 heterocycles. The zero-order valence-corrected chi connectivity index (χ0v) is 14.8. The van der Waals surface area contributed by atoms with E-state index in [1.807, 2.05) is 30.0 Å². The maximum atomic E-state index is 12.6. The Balaban J connectivity index is 1.72. The van der Waals surface area contributed by atoms with E-state index in [2.05, 4.69) is 15.3 Å². The Morgan fingerprint density at radius 1 is 1.12 bits per heavy atom. The molecule has 1 amide bonds. The van der Waals surface area contributed by atoms with E-state index in [9.17, 15) is 4.79 Å². The molecule has 0 radical (unpaired) electrons. The van der Waals surface area contributed by atoms with Crippen LogP contribution in [-0.4, -0.2) is 41.0 Å². The first kappa shape index (κ1) is 17.2. The number of aryl methyl sites for hydroxylation is 1. The van der Waals surface area contributed by atoms with Gasteiger partial charge in [-0.15, -0.1) is 0 Å². The quantitative estimate of drug-likeness (QED) is 0.922. The molecule has 0 aliphatic carbocycles. The summed E-state index contributed by atoms with van der Waals surface area (Å²) >= 11 is 0. The van der Waals surface area contributed by atoms with E-state index >= 15 is 0 Å². The van der Waals surface area contributed by atoms with Crippen LogP contribution in [0.4, 0.5) is 11.5 Å². The van der Waals surface area contributed by atoms with Gasteiger partial charge in [0.25, 0.3) is 5.91 Å². The SMILES string of the molecule is COc1ccc(C)cc1Nc1cnc(C(=O)N2CCCCCC2)cn1. The molecular formula is C19H24N4O2. The second-order valence-corrected chi connectivity index (χ2v) is 6.32. The molecule has 2 aromatic rings. The normalized spacial score (nSPS) is 14.7. The highest BCUT2D eigenvalue weighted by molar-refractivity contribution is 5.92. The van der Waals surface area contributed by atoms with Crippen LogP contribution in [0.1, 0.15) is 41.7 Å². The van der Waals surface area contributed by atoms with Gasteiger partial charge in [0.1, 0.15) is 17.3 Å². The van der Waals surface area contributed by atoms with Gasteiger partial charge in [-0.25, -0.2) is 9.97 Å². The number of carbonyl (C=O) groups is 1. The summed E-state index contributed by atoms with van der Waals surface area (Å²) in [5.74, 6) is 1.28. The Bertz CT molecular complexity index is 723. The number of anilines is 2. The Kier molecular flexibility index (Phi) is 5.48. The largest absolute Gasteiger partial charge is 0.495 e. The van der Waals surface area contributed by atoms with Crippen molar-refractivity contribution in [3.05, 3.63) is 41.9 Å². The summed E-state index contributed by atoms with van der Waals surface area (Å²) < 4.78 is 5.35. The molecule has 1 fully saturated rings. The van der Waals surface area contributed by atoms with E-state index in [1.54, 1.807) is 13.3 Å². The van der Waals surface area contributed by atoms with Crippen molar-refractivity contribution in [2.24, 2.45) is 0 Å². The molecule has 0 spiro atoms. The van der Waals surface area contributed by atoms with E-state index < -0.39 is 0 Å². The summed E-state index contributed by atoms with van der Waals surface area (Å²) in [7, 11) is 1.63. The molecule has 1 N–H and O–H groups in total. The number of methoxy groups -OCH3 is 1. The topological polar surface area (TPSA) is 67.3 Å². The summed E-state index contributed by atoms with van der Waals surface area (Å²) in [4.78, 5) is 23.1. The summed E-state index contributed by atoms with van der Waals surface area (Å²) in [5.41, 5.74) is 2.33. The van der Waals surface area contributed by atoms with Crippen LogP contribution in [0, 0.1) is 6.92 Å². The van der Waals surface area contributed by atoms with Crippen molar-refractivity contribution in [1.82, 2.24) is 14.9 Å². The number of carbonyl (C=O) groups excluding carboxylic acids is 1. The molecule has 25 heavy (non-hydrogen) atoms. The van der Waals surface area contributed by atoms with E-state index in [-0.39, 0.29) is 5.91 Å². The maximum Gasteiger partial charge on any atom is 0.274 e. The third kappa shape index (κ3) is 4.26. The molecule has 1 aliphatic rings. The Labute approximate surface area is 148 Å². The van der Waals surface area contributed by atoms with E-state index in [1.165, 1.54) is 19.0 Å². The number of nitrogens with zero attached hydrogens (tertiary/aromatic N) is 3. The molecule has 0 unspecified atom stereocenters. The van der Waals surface area contributed by atoms with E-state index in [4.69, 9.17) is 4.74 Å². The van der Waals surface area contributed by atoms with Gasteiger partial charge in [0.2, 0.25) is 0 Å². The first-order valence-electron chi connectivity index (χ1n) is 8.70. The van der Waals surface area contributed by atoms with E-state index in [0.29, 0.717) is 11.5 Å². The average Bonchev–Trinajstić information content (AvgIpc) is 2.91. The van der Waals surface area contributed by atoms with Crippen molar-refractivity contribution in [3.8, 4) is 5.75 Å². The van der Waals surface area contributed by atoms with Crippen LogP contribution in [0.25, 0.3) is 0 Å². The van der Waals surface area contributed by atoms with Gasteiger partial charge in [-0.2, -0.15) is 0 Å². The monoisotopic (exact) mass is 340 g/mol. The van der Waals surface area contributed by atoms with Crippen LogP contribution < -0.4 is 10.1 Å². The van der Waals surface area contributed by atoms with Crippen LogP contribution in [0.15, 0.2) is 30.6 Å². The zero-order valence-electron chi connectivity index (χ0n) is 14.8. The maximum absolute atomic E-state index is 12.6. The van der Waals surface area contributed by atoms with Gasteiger partial charge in [-0.1, -0.05) is 18.9 Å². The summed E-state index contributed by atoms with van der Waals surface area (Å²) in [6.07, 6.45) is 7.63.